The zero-order valence-corrected chi connectivity index (χ0v) is 12.3. The molecule has 1 unspecified atom stereocenters. The molecule has 0 saturated carbocycles. The van der Waals surface area contributed by atoms with Crippen molar-refractivity contribution >= 4 is 5.97 Å². The van der Waals surface area contributed by atoms with E-state index in [9.17, 15) is 4.79 Å². The van der Waals surface area contributed by atoms with Gasteiger partial charge in [0.15, 0.2) is 0 Å². The van der Waals surface area contributed by atoms with Crippen LogP contribution in [0.3, 0.4) is 0 Å². The van der Waals surface area contributed by atoms with E-state index >= 15 is 0 Å². The highest BCUT2D eigenvalue weighted by molar-refractivity contribution is 5.77. The number of hydrogen-bond acceptors (Lipinski definition) is 5. The number of nitrogens with one attached hydrogen (secondary N) is 1. The molecule has 1 aliphatic heterocycles. The van der Waals surface area contributed by atoms with Gasteiger partial charge in [-0.3, -0.25) is 9.58 Å². The van der Waals surface area contributed by atoms with Gasteiger partial charge in [0.25, 0.3) is 0 Å². The topological polar surface area (TPSA) is 59.4 Å². The van der Waals surface area contributed by atoms with Crippen molar-refractivity contribution < 1.29 is 9.53 Å². The second kappa shape index (κ2) is 7.40. The van der Waals surface area contributed by atoms with Crippen LogP contribution in [0.1, 0.15) is 31.4 Å². The Kier molecular flexibility index (Phi) is 5.55. The van der Waals surface area contributed by atoms with Crippen LogP contribution in [0.25, 0.3) is 0 Å². The van der Waals surface area contributed by atoms with E-state index in [2.05, 4.69) is 22.2 Å². The molecule has 1 aliphatic rings. The van der Waals surface area contributed by atoms with Crippen molar-refractivity contribution in [3.05, 3.63) is 18.0 Å². The highest BCUT2D eigenvalue weighted by Gasteiger charge is 2.30. The first-order valence-corrected chi connectivity index (χ1v) is 7.31. The molecule has 1 aromatic heterocycles. The van der Waals surface area contributed by atoms with Crippen molar-refractivity contribution in [1.29, 1.82) is 0 Å². The summed E-state index contributed by atoms with van der Waals surface area (Å²) in [6.45, 7) is 6.62. The average molecular weight is 280 g/mol. The summed E-state index contributed by atoms with van der Waals surface area (Å²) in [5, 5.41) is 7.68. The number of aryl methyl sites for hydroxylation is 1. The molecule has 112 valence electrons. The highest BCUT2D eigenvalue weighted by atomic mass is 16.5. The molecule has 6 nitrogen and oxygen atoms in total. The Balaban J connectivity index is 2.18. The molecule has 0 amide bonds. The maximum absolute atomic E-state index is 12.2. The van der Waals surface area contributed by atoms with Crippen LogP contribution in [-0.4, -0.2) is 53.9 Å². The lowest BCUT2D eigenvalue weighted by Crippen LogP contribution is -2.37. The number of methoxy groups -OCH3 is 1. The molecular weight excluding hydrogens is 256 g/mol. The van der Waals surface area contributed by atoms with Crippen LogP contribution in [0.5, 0.6) is 0 Å². The molecule has 6 heteroatoms. The first-order valence-electron chi connectivity index (χ1n) is 7.31. The third-order valence-electron chi connectivity index (χ3n) is 3.59. The third kappa shape index (κ3) is 3.58. The molecule has 0 bridgehead atoms. The Morgan fingerprint density at radius 2 is 2.35 bits per heavy atom. The van der Waals surface area contributed by atoms with Gasteiger partial charge in [0.2, 0.25) is 0 Å². The molecule has 0 radical (unpaired) electrons. The van der Waals surface area contributed by atoms with Gasteiger partial charge in [-0.2, -0.15) is 5.10 Å². The zero-order valence-electron chi connectivity index (χ0n) is 12.3. The summed E-state index contributed by atoms with van der Waals surface area (Å²) in [5.41, 5.74) is 0.923. The van der Waals surface area contributed by atoms with E-state index in [1.54, 1.807) is 6.20 Å². The smallest absolute Gasteiger partial charge is 0.327 e. The van der Waals surface area contributed by atoms with Gasteiger partial charge in [0.1, 0.15) is 6.04 Å². The van der Waals surface area contributed by atoms with Crippen molar-refractivity contribution in [1.82, 2.24) is 20.0 Å². The molecule has 1 aromatic rings. The minimum absolute atomic E-state index is 0.206. The van der Waals surface area contributed by atoms with Crippen molar-refractivity contribution in [3.63, 3.8) is 0 Å². The number of carbonyl (C=O) groups excluding carboxylic acids is 1. The molecule has 0 spiro atoms. The molecule has 2 heterocycles. The quantitative estimate of drug-likeness (QED) is 0.809. The lowest BCUT2D eigenvalue weighted by Gasteiger charge is -2.27. The first-order chi connectivity index (χ1) is 9.76. The van der Waals surface area contributed by atoms with E-state index in [1.807, 2.05) is 10.9 Å². The maximum Gasteiger partial charge on any atom is 0.327 e. The van der Waals surface area contributed by atoms with Crippen LogP contribution < -0.4 is 5.32 Å². The summed E-state index contributed by atoms with van der Waals surface area (Å²) in [6.07, 6.45) is 5.81. The largest absolute Gasteiger partial charge is 0.468 e. The number of esters is 1. The number of hydrogen-bond donors (Lipinski definition) is 1. The van der Waals surface area contributed by atoms with Crippen LogP contribution in [-0.2, 0) is 16.1 Å². The first kappa shape index (κ1) is 15.0. The SMILES string of the molecule is CCCn1cc(C(C(=O)OC)N2CCCNCC2)cn1. The van der Waals surface area contributed by atoms with Crippen LogP contribution in [0.15, 0.2) is 12.4 Å². The van der Waals surface area contributed by atoms with Crippen molar-refractivity contribution in [3.8, 4) is 0 Å². The number of carbonyl (C=O) groups is 1. The number of nitrogens with zero attached hydrogens (tertiary/aromatic N) is 3. The standard InChI is InChI=1S/C14H24N4O2/c1-3-7-18-11-12(10-16-18)13(14(19)20-2)17-8-4-5-15-6-9-17/h10-11,13,15H,3-9H2,1-2H3. The molecule has 0 aliphatic carbocycles. The zero-order chi connectivity index (χ0) is 14.4. The Hall–Kier alpha value is -1.40. The molecule has 1 saturated heterocycles. The van der Waals surface area contributed by atoms with Crippen LogP contribution in [0.4, 0.5) is 0 Å². The Morgan fingerprint density at radius 1 is 1.50 bits per heavy atom. The Bertz CT molecular complexity index is 425. The van der Waals surface area contributed by atoms with Crippen LogP contribution >= 0.6 is 0 Å². The van der Waals surface area contributed by atoms with E-state index in [0.29, 0.717) is 0 Å². The molecule has 1 atom stereocenters. The molecule has 0 aromatic carbocycles. The highest BCUT2D eigenvalue weighted by Crippen LogP contribution is 2.22. The fourth-order valence-corrected chi connectivity index (χ4v) is 2.60. The third-order valence-corrected chi connectivity index (χ3v) is 3.59. The molecular formula is C14H24N4O2. The van der Waals surface area contributed by atoms with Gasteiger partial charge in [-0.1, -0.05) is 6.92 Å². The van der Waals surface area contributed by atoms with Gasteiger partial charge in [0, 0.05) is 37.9 Å². The van der Waals surface area contributed by atoms with Gasteiger partial charge < -0.3 is 10.1 Å². The fraction of sp³-hybridized carbons (Fsp3) is 0.714. The Morgan fingerprint density at radius 3 is 3.10 bits per heavy atom. The molecule has 20 heavy (non-hydrogen) atoms. The number of ether oxygens (including phenoxy) is 1. The normalized spacial score (nSPS) is 18.5. The predicted molar refractivity (Wildman–Crippen MR) is 76.3 cm³/mol. The van der Waals surface area contributed by atoms with E-state index in [4.69, 9.17) is 4.74 Å². The van der Waals surface area contributed by atoms with Crippen molar-refractivity contribution in [2.75, 3.05) is 33.3 Å². The van der Waals surface area contributed by atoms with Gasteiger partial charge in [-0.15, -0.1) is 0 Å². The lowest BCUT2D eigenvalue weighted by atomic mass is 10.1. The van der Waals surface area contributed by atoms with E-state index in [-0.39, 0.29) is 12.0 Å². The maximum atomic E-state index is 12.2. The average Bonchev–Trinajstić information content (AvgIpc) is 2.74. The monoisotopic (exact) mass is 280 g/mol. The number of aromatic nitrogens is 2. The fourth-order valence-electron chi connectivity index (χ4n) is 2.60. The number of rotatable bonds is 5. The predicted octanol–water partition coefficient (Wildman–Crippen LogP) is 0.802. The summed E-state index contributed by atoms with van der Waals surface area (Å²) in [7, 11) is 1.45. The van der Waals surface area contributed by atoms with E-state index in [0.717, 1.165) is 51.1 Å². The molecule has 1 N–H and O–H groups in total. The summed E-state index contributed by atoms with van der Waals surface area (Å²) >= 11 is 0. The van der Waals surface area contributed by atoms with Gasteiger partial charge >= 0.3 is 5.97 Å². The summed E-state index contributed by atoms with van der Waals surface area (Å²) in [5.74, 6) is -0.206. The second-order valence-corrected chi connectivity index (χ2v) is 5.10. The molecule has 2 rings (SSSR count). The minimum atomic E-state index is -0.342. The van der Waals surface area contributed by atoms with Crippen molar-refractivity contribution in [2.45, 2.75) is 32.4 Å². The van der Waals surface area contributed by atoms with E-state index in [1.165, 1.54) is 7.11 Å². The lowest BCUT2D eigenvalue weighted by molar-refractivity contribution is -0.147. The molecule has 1 fully saturated rings. The van der Waals surface area contributed by atoms with Gasteiger partial charge in [-0.05, 0) is 19.4 Å². The van der Waals surface area contributed by atoms with Crippen LogP contribution in [0.2, 0.25) is 0 Å². The summed E-state index contributed by atoms with van der Waals surface area (Å²) in [6, 6.07) is -0.342. The van der Waals surface area contributed by atoms with Crippen LogP contribution in [0, 0.1) is 0 Å². The summed E-state index contributed by atoms with van der Waals surface area (Å²) in [4.78, 5) is 14.3. The van der Waals surface area contributed by atoms with Gasteiger partial charge in [0.05, 0.1) is 13.3 Å². The second-order valence-electron chi connectivity index (χ2n) is 5.10. The van der Waals surface area contributed by atoms with Crippen molar-refractivity contribution in [2.24, 2.45) is 0 Å². The van der Waals surface area contributed by atoms with Gasteiger partial charge in [-0.25, -0.2) is 4.79 Å². The van der Waals surface area contributed by atoms with E-state index < -0.39 is 0 Å². The summed E-state index contributed by atoms with van der Waals surface area (Å²) < 4.78 is 6.88. The minimum Gasteiger partial charge on any atom is -0.468 e. The Labute approximate surface area is 120 Å².